The van der Waals surface area contributed by atoms with Crippen molar-refractivity contribution in [2.75, 3.05) is 6.61 Å². The van der Waals surface area contributed by atoms with Crippen molar-refractivity contribution in [1.29, 1.82) is 0 Å². The first kappa shape index (κ1) is 36.5. The molecule has 0 spiro atoms. The molecule has 4 aliphatic rings. The minimum absolute atomic E-state index is 0.110. The first-order valence-corrected chi connectivity index (χ1v) is 16.4. The highest BCUT2D eigenvalue weighted by atomic mass is 16.7. The molecule has 1 aromatic rings. The lowest BCUT2D eigenvalue weighted by molar-refractivity contribution is -0.346. The molecule has 1 unspecified atom stereocenters. The van der Waals surface area contributed by atoms with E-state index in [9.17, 15) is 29.4 Å². The first-order chi connectivity index (χ1) is 22.6. The van der Waals surface area contributed by atoms with Crippen LogP contribution in [0.25, 0.3) is 0 Å². The molecule has 13 nitrogen and oxygen atoms in total. The number of ketones is 1. The normalized spacial score (nSPS) is 36.4. The van der Waals surface area contributed by atoms with Gasteiger partial charge in [-0.25, -0.2) is 9.59 Å². The Labute approximate surface area is 285 Å². The molecule has 3 aliphatic carbocycles. The maximum Gasteiger partial charge on any atom is 0.509 e. The van der Waals surface area contributed by atoms with Crippen LogP contribution in [0.2, 0.25) is 0 Å². The number of carbonyl (C=O) groups excluding carboxylic acids is 5. The van der Waals surface area contributed by atoms with Crippen molar-refractivity contribution in [3.63, 3.8) is 0 Å². The number of hydrogen-bond donors (Lipinski definition) is 2. The SMILES string of the molecule is CC(=O)O[C@H]1C(=O)[C@]2(C)C(OC(=O)OC(C)(C)C)C[C@H]3OC[C@@]3(OC(C)=O)[C@H]2[C@H](OC(=O)c2ccccc2)[C@]2(O)C[C@H](O)C(C)=C1C2(C)C. The van der Waals surface area contributed by atoms with E-state index in [-0.39, 0.29) is 36.2 Å². The van der Waals surface area contributed by atoms with Crippen molar-refractivity contribution < 1.29 is 62.6 Å². The summed E-state index contributed by atoms with van der Waals surface area (Å²) in [6, 6.07) is 7.98. The van der Waals surface area contributed by atoms with Gasteiger partial charge in [-0.3, -0.25) is 14.4 Å². The van der Waals surface area contributed by atoms with Crippen molar-refractivity contribution in [2.45, 2.75) is 122 Å². The van der Waals surface area contributed by atoms with E-state index < -0.39 is 93.9 Å². The highest BCUT2D eigenvalue weighted by molar-refractivity contribution is 5.95. The molecule has 9 atom stereocenters. The molecule has 1 aromatic carbocycles. The highest BCUT2D eigenvalue weighted by Gasteiger charge is 2.79. The lowest BCUT2D eigenvalue weighted by Gasteiger charge is -2.67. The fraction of sp³-hybridized carbons (Fsp3) is 0.639. The number of aliphatic hydroxyl groups is 2. The number of Topliss-reactive ketones (excluding diaryl/α,β-unsaturated/α-hetero) is 1. The summed E-state index contributed by atoms with van der Waals surface area (Å²) in [4.78, 5) is 68.2. The third-order valence-electron chi connectivity index (χ3n) is 10.8. The second-order valence-corrected chi connectivity index (χ2v) is 15.3. The van der Waals surface area contributed by atoms with Crippen LogP contribution in [-0.4, -0.2) is 94.0 Å². The van der Waals surface area contributed by atoms with Gasteiger partial charge in [-0.2, -0.15) is 0 Å². The van der Waals surface area contributed by atoms with Gasteiger partial charge in [0.25, 0.3) is 0 Å². The lowest BCUT2D eigenvalue weighted by Crippen LogP contribution is -2.82. The monoisotopic (exact) mass is 686 g/mol. The van der Waals surface area contributed by atoms with Crippen molar-refractivity contribution in [3.05, 3.63) is 47.0 Å². The number of esters is 3. The third-order valence-corrected chi connectivity index (χ3v) is 10.8. The van der Waals surface area contributed by atoms with E-state index in [0.29, 0.717) is 0 Å². The van der Waals surface area contributed by atoms with Crippen molar-refractivity contribution in [1.82, 2.24) is 0 Å². The van der Waals surface area contributed by atoms with Gasteiger partial charge in [0.15, 0.2) is 17.5 Å². The van der Waals surface area contributed by atoms with E-state index in [1.165, 1.54) is 26.0 Å². The number of carbonyl (C=O) groups is 5. The van der Waals surface area contributed by atoms with E-state index in [4.69, 9.17) is 28.4 Å². The van der Waals surface area contributed by atoms with Crippen LogP contribution < -0.4 is 0 Å². The molecule has 2 bridgehead atoms. The predicted molar refractivity (Wildman–Crippen MR) is 170 cm³/mol. The molecule has 13 heteroatoms. The molecule has 1 aliphatic heterocycles. The molecule has 3 fully saturated rings. The Morgan fingerprint density at radius 3 is 2.12 bits per heavy atom. The minimum Gasteiger partial charge on any atom is -0.455 e. The molecule has 2 N–H and O–H groups in total. The van der Waals surface area contributed by atoms with Gasteiger partial charge < -0.3 is 38.6 Å². The number of rotatable bonds is 5. The molecule has 0 aromatic heterocycles. The Morgan fingerprint density at radius 1 is 0.959 bits per heavy atom. The van der Waals surface area contributed by atoms with Crippen LogP contribution in [0, 0.1) is 16.7 Å². The first-order valence-electron chi connectivity index (χ1n) is 16.4. The topological polar surface area (TPSA) is 181 Å². The highest BCUT2D eigenvalue weighted by Crippen LogP contribution is 2.64. The van der Waals surface area contributed by atoms with E-state index in [1.807, 2.05) is 0 Å². The number of aliphatic hydroxyl groups excluding tert-OH is 1. The summed E-state index contributed by atoms with van der Waals surface area (Å²) >= 11 is 0. The van der Waals surface area contributed by atoms with Crippen LogP contribution in [0.1, 0.15) is 85.5 Å². The summed E-state index contributed by atoms with van der Waals surface area (Å²) in [5.74, 6) is -4.69. The van der Waals surface area contributed by atoms with E-state index in [0.717, 1.165) is 6.92 Å². The maximum atomic E-state index is 15.4. The molecule has 1 saturated heterocycles. The zero-order valence-corrected chi connectivity index (χ0v) is 29.4. The number of ether oxygens (including phenoxy) is 6. The minimum atomic E-state index is -2.20. The molecule has 1 heterocycles. The Balaban J connectivity index is 1.85. The molecule has 5 rings (SSSR count). The average Bonchev–Trinajstić information content (AvgIpc) is 2.97. The standard InChI is InChI=1S/C36H46O13/c1-18-22(39)16-36(43)29(47-30(41)21-13-11-10-12-14-21)27-34(9,28(40)26(45-19(2)37)25(18)33(36,7)8)23(46-31(42)49-32(4,5)6)15-24-35(27,17-44-24)48-20(3)38/h10-14,22-24,26-27,29,39,43H,15-17H2,1-9H3/t22-,23?,24+,26+,27-,29-,34+,35-,36+/m0/s1. The van der Waals surface area contributed by atoms with Crippen LogP contribution in [0.15, 0.2) is 41.5 Å². The quantitative estimate of drug-likeness (QED) is 0.261. The van der Waals surface area contributed by atoms with Gasteiger partial charge in [0.05, 0.1) is 29.6 Å². The van der Waals surface area contributed by atoms with Crippen LogP contribution in [0.4, 0.5) is 4.79 Å². The molecule has 268 valence electrons. The summed E-state index contributed by atoms with van der Waals surface area (Å²) in [6.45, 7) is 13.2. The van der Waals surface area contributed by atoms with E-state index in [1.54, 1.807) is 59.7 Å². The largest absolute Gasteiger partial charge is 0.509 e. The van der Waals surface area contributed by atoms with Crippen molar-refractivity contribution >= 4 is 29.8 Å². The predicted octanol–water partition coefficient (Wildman–Crippen LogP) is 3.61. The van der Waals surface area contributed by atoms with Gasteiger partial charge in [-0.1, -0.05) is 32.0 Å². The summed E-state index contributed by atoms with van der Waals surface area (Å²) in [6.07, 6.45) is -8.79. The summed E-state index contributed by atoms with van der Waals surface area (Å²) in [5.41, 5.74) is -7.86. The average molecular weight is 687 g/mol. The van der Waals surface area contributed by atoms with Crippen LogP contribution in [-0.2, 0) is 42.8 Å². The molecule has 0 amide bonds. The van der Waals surface area contributed by atoms with Gasteiger partial charge in [-0.05, 0) is 57.9 Å². The summed E-state index contributed by atoms with van der Waals surface area (Å²) in [5, 5.41) is 24.6. The van der Waals surface area contributed by atoms with E-state index in [2.05, 4.69) is 0 Å². The third kappa shape index (κ3) is 5.83. The van der Waals surface area contributed by atoms with Gasteiger partial charge in [0.2, 0.25) is 0 Å². The van der Waals surface area contributed by atoms with Gasteiger partial charge in [-0.15, -0.1) is 0 Å². The molecular formula is C36H46O13. The number of fused-ring (bicyclic) bond motifs is 5. The van der Waals surface area contributed by atoms with Crippen LogP contribution >= 0.6 is 0 Å². The zero-order chi connectivity index (χ0) is 36.5. The second kappa shape index (κ2) is 12.2. The molecular weight excluding hydrogens is 640 g/mol. The molecule has 2 saturated carbocycles. The smallest absolute Gasteiger partial charge is 0.455 e. The zero-order valence-electron chi connectivity index (χ0n) is 29.4. The van der Waals surface area contributed by atoms with Crippen molar-refractivity contribution in [3.8, 4) is 0 Å². The fourth-order valence-corrected chi connectivity index (χ4v) is 8.45. The van der Waals surface area contributed by atoms with Crippen LogP contribution in [0.3, 0.4) is 0 Å². The van der Waals surface area contributed by atoms with Gasteiger partial charge in [0.1, 0.15) is 29.5 Å². The van der Waals surface area contributed by atoms with Crippen LogP contribution in [0.5, 0.6) is 0 Å². The fourth-order valence-electron chi connectivity index (χ4n) is 8.45. The summed E-state index contributed by atoms with van der Waals surface area (Å²) in [7, 11) is 0. The Bertz CT molecular complexity index is 1570. The molecule has 49 heavy (non-hydrogen) atoms. The summed E-state index contributed by atoms with van der Waals surface area (Å²) < 4.78 is 35.4. The Kier molecular flexibility index (Phi) is 9.08. The number of hydrogen-bond acceptors (Lipinski definition) is 13. The second-order valence-electron chi connectivity index (χ2n) is 15.3. The van der Waals surface area contributed by atoms with Gasteiger partial charge in [0, 0.05) is 32.1 Å². The maximum absolute atomic E-state index is 15.4. The lowest BCUT2D eigenvalue weighted by atomic mass is 9.44. The van der Waals surface area contributed by atoms with Gasteiger partial charge >= 0.3 is 24.1 Å². The molecule has 0 radical (unpaired) electrons. The Morgan fingerprint density at radius 2 is 1.59 bits per heavy atom. The van der Waals surface area contributed by atoms with Crippen molar-refractivity contribution in [2.24, 2.45) is 16.7 Å². The van der Waals surface area contributed by atoms with E-state index >= 15 is 4.79 Å². The Hall–Kier alpha value is -3.81. The number of benzene rings is 1.